The minimum absolute atomic E-state index is 0.309. The zero-order valence-electron chi connectivity index (χ0n) is 10.4. The molecule has 0 saturated carbocycles. The van der Waals surface area contributed by atoms with E-state index in [-0.39, 0.29) is 0 Å². The van der Waals surface area contributed by atoms with E-state index in [0.29, 0.717) is 37.8 Å². The van der Waals surface area contributed by atoms with Crippen LogP contribution in [0.15, 0.2) is 0 Å². The number of hydrogen-bond donors (Lipinski definition) is 0. The third-order valence-electron chi connectivity index (χ3n) is 2.27. The van der Waals surface area contributed by atoms with Crippen molar-refractivity contribution in [2.45, 2.75) is 50.9 Å². The first kappa shape index (κ1) is 16.3. The van der Waals surface area contributed by atoms with Crippen LogP contribution in [0, 0.1) is 22.7 Å². The lowest BCUT2D eigenvalue weighted by Gasteiger charge is -2.47. The van der Waals surface area contributed by atoms with Gasteiger partial charge in [0.2, 0.25) is 0 Å². The molecular formula is C10H18N2O3Si2-2. The summed E-state index contributed by atoms with van der Waals surface area (Å²) in [5.41, 5.74) is 0. The van der Waals surface area contributed by atoms with Crippen molar-refractivity contribution in [3.63, 3.8) is 0 Å². The summed E-state index contributed by atoms with van der Waals surface area (Å²) >= 11 is 0. The minimum Gasteiger partial charge on any atom is -0.839 e. The molecule has 0 N–H and O–H groups in total. The maximum atomic E-state index is 12.0. The Labute approximate surface area is 105 Å². The summed E-state index contributed by atoms with van der Waals surface area (Å²) < 4.78 is 5.27. The van der Waals surface area contributed by atoms with Crippen molar-refractivity contribution in [2.75, 3.05) is 0 Å². The number of nitrogens with zero attached hydrogens (tertiary/aromatic N) is 2. The van der Waals surface area contributed by atoms with Crippen LogP contribution in [-0.4, -0.2) is 17.1 Å². The molecule has 0 aliphatic rings. The maximum Gasteiger partial charge on any atom is 0.0782 e. The molecule has 7 heteroatoms. The van der Waals surface area contributed by atoms with E-state index in [4.69, 9.17) is 14.6 Å². The van der Waals surface area contributed by atoms with E-state index >= 15 is 0 Å². The van der Waals surface area contributed by atoms with Gasteiger partial charge in [-0.15, -0.1) is 0 Å². The summed E-state index contributed by atoms with van der Waals surface area (Å²) in [6, 6.07) is 4.56. The van der Waals surface area contributed by atoms with Crippen molar-refractivity contribution in [3.05, 3.63) is 0 Å². The number of nitriles is 2. The molecule has 2 unspecified atom stereocenters. The Morgan fingerprint density at radius 1 is 0.941 bits per heavy atom. The molecule has 0 spiro atoms. The first-order valence-electron chi connectivity index (χ1n) is 5.68. The van der Waals surface area contributed by atoms with Gasteiger partial charge in [-0.2, -0.15) is 10.5 Å². The van der Waals surface area contributed by atoms with E-state index in [0.717, 1.165) is 0 Å². The third kappa shape index (κ3) is 9.04. The Morgan fingerprint density at radius 3 is 1.59 bits per heavy atom. The molecule has 0 aliphatic carbocycles. The predicted octanol–water partition coefficient (Wildman–Crippen LogP) is 0.475. The molecule has 0 heterocycles. The molecule has 0 aromatic heterocycles. The van der Waals surface area contributed by atoms with Gasteiger partial charge in [0.15, 0.2) is 0 Å². The molecular weight excluding hydrogens is 252 g/mol. The van der Waals surface area contributed by atoms with Crippen LogP contribution in [0.4, 0.5) is 0 Å². The zero-order valence-corrected chi connectivity index (χ0v) is 12.4. The molecule has 0 rings (SSSR count). The van der Waals surface area contributed by atoms with Gasteiger partial charge in [-0.3, -0.25) is 0 Å². The molecule has 0 aliphatic heterocycles. The first-order valence-corrected chi connectivity index (χ1v) is 10.7. The SMILES string of the molecule is C[Si]([O-])(CCCC#N)O[Si](C)([O-])CCCC#N. The second-order valence-electron chi connectivity index (χ2n) is 4.39. The summed E-state index contributed by atoms with van der Waals surface area (Å²) in [6.07, 6.45) is 1.68. The molecule has 17 heavy (non-hydrogen) atoms. The predicted molar refractivity (Wildman–Crippen MR) is 63.6 cm³/mol. The molecule has 0 fully saturated rings. The summed E-state index contributed by atoms with van der Waals surface area (Å²) in [7, 11) is -6.34. The molecule has 0 aromatic rings. The topological polar surface area (TPSA) is 103 Å². The summed E-state index contributed by atoms with van der Waals surface area (Å²) in [5.74, 6) is 0. The van der Waals surface area contributed by atoms with Gasteiger partial charge >= 0.3 is 0 Å². The van der Waals surface area contributed by atoms with Crippen LogP contribution in [0.1, 0.15) is 25.7 Å². The summed E-state index contributed by atoms with van der Waals surface area (Å²) in [4.78, 5) is 24.0. The van der Waals surface area contributed by atoms with E-state index < -0.39 is 17.1 Å². The smallest absolute Gasteiger partial charge is 0.0782 e. The fraction of sp³-hybridized carbons (Fsp3) is 0.800. The third-order valence-corrected chi connectivity index (χ3v) is 8.25. The van der Waals surface area contributed by atoms with E-state index in [1.54, 1.807) is 0 Å². The highest BCUT2D eigenvalue weighted by atomic mass is 28.5. The molecule has 5 nitrogen and oxygen atoms in total. The van der Waals surface area contributed by atoms with Crippen LogP contribution < -0.4 is 9.59 Å². The van der Waals surface area contributed by atoms with E-state index in [1.807, 2.05) is 12.1 Å². The lowest BCUT2D eigenvalue weighted by molar-refractivity contribution is -0.261. The Morgan fingerprint density at radius 2 is 1.29 bits per heavy atom. The highest BCUT2D eigenvalue weighted by molar-refractivity contribution is 6.77. The molecule has 0 amide bonds. The van der Waals surface area contributed by atoms with Crippen LogP contribution >= 0.6 is 0 Å². The average molecular weight is 270 g/mol. The van der Waals surface area contributed by atoms with Gasteiger partial charge in [-0.1, -0.05) is 13.1 Å². The summed E-state index contributed by atoms with van der Waals surface area (Å²) in [6.45, 7) is 2.97. The van der Waals surface area contributed by atoms with Gasteiger partial charge in [0.05, 0.1) is 29.3 Å². The van der Waals surface area contributed by atoms with E-state index in [2.05, 4.69) is 0 Å². The van der Waals surface area contributed by atoms with Crippen molar-refractivity contribution >= 4 is 17.1 Å². The van der Waals surface area contributed by atoms with Gasteiger partial charge in [0.25, 0.3) is 0 Å². The van der Waals surface area contributed by atoms with Gasteiger partial charge < -0.3 is 13.7 Å². The minimum atomic E-state index is -3.17. The Hall–Kier alpha value is -0.706. The van der Waals surface area contributed by atoms with Crippen molar-refractivity contribution in [1.29, 1.82) is 10.5 Å². The second kappa shape index (κ2) is 7.59. The van der Waals surface area contributed by atoms with Crippen LogP contribution in [0.2, 0.25) is 25.2 Å². The summed E-state index contributed by atoms with van der Waals surface area (Å²) in [5, 5.41) is 16.8. The standard InChI is InChI=1S/C10H18N2O3Si2/c1-16(13,9-5-3-7-11)15-17(2,14)10-6-4-8-12/h3-6,9-10H2,1-2H3/q-2. The molecule has 96 valence electrons. The maximum absolute atomic E-state index is 12.0. The molecule has 0 radical (unpaired) electrons. The van der Waals surface area contributed by atoms with Crippen LogP contribution in [0.25, 0.3) is 0 Å². The monoisotopic (exact) mass is 270 g/mol. The number of unbranched alkanes of at least 4 members (excludes halogenated alkanes) is 2. The second-order valence-corrected chi connectivity index (χ2v) is 10.7. The average Bonchev–Trinajstić information content (AvgIpc) is 2.16. The quantitative estimate of drug-likeness (QED) is 0.471. The Kier molecular flexibility index (Phi) is 7.27. The van der Waals surface area contributed by atoms with Gasteiger partial charge in [0, 0.05) is 12.8 Å². The Bertz CT molecular complexity index is 278. The molecule has 0 saturated heterocycles. The van der Waals surface area contributed by atoms with Crippen molar-refractivity contribution in [1.82, 2.24) is 0 Å². The lowest BCUT2D eigenvalue weighted by Crippen LogP contribution is -2.62. The van der Waals surface area contributed by atoms with Crippen molar-refractivity contribution in [3.8, 4) is 12.1 Å². The van der Waals surface area contributed by atoms with Crippen LogP contribution in [-0.2, 0) is 4.12 Å². The first-order chi connectivity index (χ1) is 7.83. The van der Waals surface area contributed by atoms with Crippen molar-refractivity contribution < 1.29 is 13.7 Å². The van der Waals surface area contributed by atoms with Gasteiger partial charge in [0.1, 0.15) is 0 Å². The van der Waals surface area contributed by atoms with Crippen LogP contribution in [0.5, 0.6) is 0 Å². The van der Waals surface area contributed by atoms with Gasteiger partial charge in [-0.25, -0.2) is 0 Å². The Balaban J connectivity index is 4.09. The highest BCUT2D eigenvalue weighted by Crippen LogP contribution is 2.17. The van der Waals surface area contributed by atoms with E-state index in [9.17, 15) is 9.59 Å². The fourth-order valence-electron chi connectivity index (χ4n) is 1.54. The van der Waals surface area contributed by atoms with Crippen molar-refractivity contribution in [2.24, 2.45) is 0 Å². The number of hydrogen-bond acceptors (Lipinski definition) is 5. The number of rotatable bonds is 8. The molecule has 0 aromatic carbocycles. The fourth-order valence-corrected chi connectivity index (χ4v) is 7.64. The highest BCUT2D eigenvalue weighted by Gasteiger charge is 2.21. The van der Waals surface area contributed by atoms with E-state index in [1.165, 1.54) is 13.1 Å². The van der Waals surface area contributed by atoms with Crippen LogP contribution in [0.3, 0.4) is 0 Å². The van der Waals surface area contributed by atoms with Gasteiger partial charge in [-0.05, 0) is 24.9 Å². The normalized spacial score (nSPS) is 17.5. The lowest BCUT2D eigenvalue weighted by atomic mass is 10.4. The molecule has 0 bridgehead atoms. The largest absolute Gasteiger partial charge is 0.839 e. The molecule has 2 atom stereocenters. The zero-order chi connectivity index (χ0) is 13.4.